The zero-order chi connectivity index (χ0) is 23.1. The van der Waals surface area contributed by atoms with Crippen molar-refractivity contribution in [2.45, 2.75) is 26.9 Å². The van der Waals surface area contributed by atoms with Crippen molar-refractivity contribution >= 4 is 21.9 Å². The van der Waals surface area contributed by atoms with Gasteiger partial charge in [-0.1, -0.05) is 35.5 Å². The second-order valence-electron chi connectivity index (χ2n) is 8.06. The predicted octanol–water partition coefficient (Wildman–Crippen LogP) is 3.64. The third kappa shape index (κ3) is 3.39. The van der Waals surface area contributed by atoms with Gasteiger partial charge in [0.05, 0.1) is 47.7 Å². The molecule has 0 fully saturated rings. The van der Waals surface area contributed by atoms with Crippen LogP contribution in [0.3, 0.4) is 0 Å². The number of nitrogens with two attached hydrogens (primary N) is 1. The van der Waals surface area contributed by atoms with Gasteiger partial charge < -0.3 is 15.0 Å². The van der Waals surface area contributed by atoms with Crippen molar-refractivity contribution in [3.63, 3.8) is 0 Å². The van der Waals surface area contributed by atoms with E-state index < -0.39 is 0 Å². The Kier molecular flexibility index (Phi) is 5.22. The number of imidazole rings is 1. The van der Waals surface area contributed by atoms with E-state index in [4.69, 9.17) is 20.0 Å². The number of ether oxygens (including phenoxy) is 1. The SMILES string of the molecule is COc1cc2c(cc1-c1c(C)noc1C)ncc1c2n(Cc2ccccc2)c(=O)n1CCN. The van der Waals surface area contributed by atoms with Crippen molar-refractivity contribution in [2.24, 2.45) is 5.73 Å². The molecule has 0 aliphatic heterocycles. The van der Waals surface area contributed by atoms with Crippen molar-refractivity contribution in [1.29, 1.82) is 0 Å². The first kappa shape index (κ1) is 21.0. The minimum absolute atomic E-state index is 0.109. The number of hydrogen-bond acceptors (Lipinski definition) is 6. The second-order valence-corrected chi connectivity index (χ2v) is 8.06. The lowest BCUT2D eigenvalue weighted by atomic mass is 10.0. The lowest BCUT2D eigenvalue weighted by Gasteiger charge is -2.12. The van der Waals surface area contributed by atoms with E-state index in [-0.39, 0.29) is 5.69 Å². The summed E-state index contributed by atoms with van der Waals surface area (Å²) in [6, 6.07) is 13.8. The van der Waals surface area contributed by atoms with Crippen molar-refractivity contribution in [2.75, 3.05) is 13.7 Å². The third-order valence-corrected chi connectivity index (χ3v) is 6.00. The second kappa shape index (κ2) is 8.22. The average molecular weight is 444 g/mol. The monoisotopic (exact) mass is 443 g/mol. The Morgan fingerprint density at radius 2 is 1.91 bits per heavy atom. The highest BCUT2D eigenvalue weighted by Crippen LogP contribution is 2.38. The van der Waals surface area contributed by atoms with Crippen molar-refractivity contribution in [3.05, 3.63) is 76.2 Å². The van der Waals surface area contributed by atoms with E-state index in [1.807, 2.05) is 56.3 Å². The van der Waals surface area contributed by atoms with Crippen LogP contribution in [-0.2, 0) is 13.1 Å². The first-order valence-corrected chi connectivity index (χ1v) is 10.8. The molecule has 0 aliphatic rings. The Hall–Kier alpha value is -3.91. The summed E-state index contributed by atoms with van der Waals surface area (Å²) in [7, 11) is 1.63. The smallest absolute Gasteiger partial charge is 0.329 e. The largest absolute Gasteiger partial charge is 0.496 e. The molecule has 5 aromatic rings. The first-order valence-electron chi connectivity index (χ1n) is 10.8. The van der Waals surface area contributed by atoms with Crippen LogP contribution in [0.5, 0.6) is 5.75 Å². The zero-order valence-electron chi connectivity index (χ0n) is 18.8. The maximum absolute atomic E-state index is 13.4. The standard InChI is InChI=1S/C25H25N5O3/c1-15-23(16(2)33-28-15)19-11-20-18(12-22(19)32-3)24-21(13-27-20)29(10-9-26)25(31)30(24)14-17-7-5-4-6-8-17/h4-8,11-13H,9-10,14,26H2,1-3H3. The van der Waals surface area contributed by atoms with Crippen LogP contribution >= 0.6 is 0 Å². The maximum atomic E-state index is 13.4. The molecule has 8 nitrogen and oxygen atoms in total. The Balaban J connectivity index is 1.83. The Labute approximate surface area is 190 Å². The summed E-state index contributed by atoms with van der Waals surface area (Å²) < 4.78 is 14.6. The molecule has 2 aromatic carbocycles. The number of methoxy groups -OCH3 is 1. The number of pyridine rings is 1. The molecule has 0 bridgehead atoms. The number of aromatic nitrogens is 4. The van der Waals surface area contributed by atoms with Crippen LogP contribution in [0, 0.1) is 13.8 Å². The van der Waals surface area contributed by atoms with Crippen molar-refractivity contribution in [1.82, 2.24) is 19.3 Å². The summed E-state index contributed by atoms with van der Waals surface area (Å²) in [6.45, 7) is 4.99. The molecule has 0 atom stereocenters. The van der Waals surface area contributed by atoms with Gasteiger partial charge in [-0.3, -0.25) is 14.1 Å². The summed E-state index contributed by atoms with van der Waals surface area (Å²) in [5.74, 6) is 1.37. The first-order chi connectivity index (χ1) is 16.0. The summed E-state index contributed by atoms with van der Waals surface area (Å²) in [5, 5.41) is 4.92. The van der Waals surface area contributed by atoms with E-state index in [1.54, 1.807) is 22.4 Å². The minimum Gasteiger partial charge on any atom is -0.496 e. The molecule has 0 unspecified atom stereocenters. The van der Waals surface area contributed by atoms with Gasteiger partial charge >= 0.3 is 5.69 Å². The number of nitrogens with zero attached hydrogens (tertiary/aromatic N) is 4. The fraction of sp³-hybridized carbons (Fsp3) is 0.240. The lowest BCUT2D eigenvalue weighted by molar-refractivity contribution is 0.393. The summed E-state index contributed by atoms with van der Waals surface area (Å²) >= 11 is 0. The number of fused-ring (bicyclic) bond motifs is 3. The predicted molar refractivity (Wildman–Crippen MR) is 128 cm³/mol. The molecular formula is C25H25N5O3. The molecule has 2 N–H and O–H groups in total. The van der Waals surface area contributed by atoms with E-state index in [0.29, 0.717) is 31.1 Å². The van der Waals surface area contributed by atoms with Gasteiger partial charge in [-0.05, 0) is 31.5 Å². The number of benzene rings is 2. The van der Waals surface area contributed by atoms with E-state index in [9.17, 15) is 4.79 Å². The Bertz CT molecular complexity index is 1510. The van der Waals surface area contributed by atoms with Gasteiger partial charge in [-0.25, -0.2) is 4.79 Å². The van der Waals surface area contributed by atoms with Crippen LogP contribution in [0.2, 0.25) is 0 Å². The van der Waals surface area contributed by atoms with Gasteiger partial charge in [-0.2, -0.15) is 0 Å². The number of hydrogen-bond donors (Lipinski definition) is 1. The molecule has 3 aromatic heterocycles. The molecule has 5 rings (SSSR count). The lowest BCUT2D eigenvalue weighted by Crippen LogP contribution is -2.27. The normalized spacial score (nSPS) is 11.5. The van der Waals surface area contributed by atoms with Gasteiger partial charge in [0.2, 0.25) is 0 Å². The molecular weight excluding hydrogens is 418 g/mol. The van der Waals surface area contributed by atoms with Crippen LogP contribution in [-0.4, -0.2) is 32.9 Å². The van der Waals surface area contributed by atoms with Gasteiger partial charge in [-0.15, -0.1) is 0 Å². The number of rotatable bonds is 6. The highest BCUT2D eigenvalue weighted by Gasteiger charge is 2.21. The van der Waals surface area contributed by atoms with E-state index in [0.717, 1.165) is 44.3 Å². The molecule has 0 aliphatic carbocycles. The van der Waals surface area contributed by atoms with E-state index >= 15 is 0 Å². The van der Waals surface area contributed by atoms with E-state index in [2.05, 4.69) is 5.16 Å². The summed E-state index contributed by atoms with van der Waals surface area (Å²) in [4.78, 5) is 18.1. The average Bonchev–Trinajstić information content (AvgIpc) is 3.30. The molecule has 3 heterocycles. The van der Waals surface area contributed by atoms with Crippen LogP contribution in [0.15, 0.2) is 58.0 Å². The van der Waals surface area contributed by atoms with Crippen LogP contribution < -0.4 is 16.2 Å². The molecule has 0 radical (unpaired) electrons. The fourth-order valence-corrected chi connectivity index (χ4v) is 4.51. The quantitative estimate of drug-likeness (QED) is 0.430. The molecule has 168 valence electrons. The third-order valence-electron chi connectivity index (χ3n) is 6.00. The molecule has 8 heteroatoms. The Morgan fingerprint density at radius 1 is 1.12 bits per heavy atom. The van der Waals surface area contributed by atoms with E-state index in [1.165, 1.54) is 0 Å². The topological polar surface area (TPSA) is 101 Å². The fourth-order valence-electron chi connectivity index (χ4n) is 4.51. The zero-order valence-corrected chi connectivity index (χ0v) is 18.8. The van der Waals surface area contributed by atoms with Crippen molar-refractivity contribution < 1.29 is 9.26 Å². The van der Waals surface area contributed by atoms with Crippen LogP contribution in [0.1, 0.15) is 17.0 Å². The maximum Gasteiger partial charge on any atom is 0.329 e. The summed E-state index contributed by atoms with van der Waals surface area (Å²) in [6.07, 6.45) is 1.75. The van der Waals surface area contributed by atoms with Gasteiger partial charge in [0.25, 0.3) is 0 Å². The highest BCUT2D eigenvalue weighted by molar-refractivity contribution is 6.05. The molecule has 33 heavy (non-hydrogen) atoms. The molecule has 0 saturated carbocycles. The number of aryl methyl sites for hydroxylation is 2. The van der Waals surface area contributed by atoms with Gasteiger partial charge in [0.1, 0.15) is 11.5 Å². The minimum atomic E-state index is -0.109. The molecule has 0 spiro atoms. The van der Waals surface area contributed by atoms with Gasteiger partial charge in [0.15, 0.2) is 0 Å². The van der Waals surface area contributed by atoms with Crippen LogP contribution in [0.25, 0.3) is 33.1 Å². The van der Waals surface area contributed by atoms with Gasteiger partial charge in [0, 0.05) is 24.0 Å². The van der Waals surface area contributed by atoms with Crippen LogP contribution in [0.4, 0.5) is 0 Å². The Morgan fingerprint density at radius 3 is 2.58 bits per heavy atom. The molecule has 0 amide bonds. The van der Waals surface area contributed by atoms with Crippen molar-refractivity contribution in [3.8, 4) is 16.9 Å². The summed E-state index contributed by atoms with van der Waals surface area (Å²) in [5.41, 5.74) is 11.6. The molecule has 0 saturated heterocycles. The highest BCUT2D eigenvalue weighted by atomic mass is 16.5.